The van der Waals surface area contributed by atoms with E-state index in [0.29, 0.717) is 19.6 Å². The topological polar surface area (TPSA) is 90.7 Å². The summed E-state index contributed by atoms with van der Waals surface area (Å²) < 4.78 is 10.0. The van der Waals surface area contributed by atoms with Gasteiger partial charge in [0.1, 0.15) is 5.75 Å². The Bertz CT molecular complexity index is 509. The number of carbonyl (C=O) groups excluding carboxylic acids is 2. The maximum atomic E-state index is 11.7. The lowest BCUT2D eigenvalue weighted by molar-refractivity contribution is -0.134. The van der Waals surface area contributed by atoms with Gasteiger partial charge in [0, 0.05) is 12.8 Å². The van der Waals surface area contributed by atoms with Crippen molar-refractivity contribution in [2.45, 2.75) is 24.8 Å². The Morgan fingerprint density at radius 1 is 1.29 bits per heavy atom. The van der Waals surface area contributed by atoms with Crippen LogP contribution in [0.15, 0.2) is 24.3 Å². The second-order valence-electron chi connectivity index (χ2n) is 5.35. The molecule has 0 aromatic heterocycles. The SMILES string of the molecule is COc1ccc(CCC(=O)NC(=O)CC2(N)COC2)cc1. The van der Waals surface area contributed by atoms with Gasteiger partial charge in [0.2, 0.25) is 11.8 Å². The molecule has 1 fully saturated rings. The minimum atomic E-state index is -0.611. The number of nitrogens with one attached hydrogen (secondary N) is 1. The molecular formula is C15H20N2O4. The Morgan fingerprint density at radius 3 is 2.48 bits per heavy atom. The highest BCUT2D eigenvalue weighted by atomic mass is 16.5. The van der Waals surface area contributed by atoms with Crippen LogP contribution in [0, 0.1) is 0 Å². The molecule has 0 spiro atoms. The summed E-state index contributed by atoms with van der Waals surface area (Å²) in [5.74, 6) is 0.134. The lowest BCUT2D eigenvalue weighted by atomic mass is 9.94. The molecule has 0 radical (unpaired) electrons. The van der Waals surface area contributed by atoms with Crippen LogP contribution in [-0.4, -0.2) is 37.7 Å². The van der Waals surface area contributed by atoms with E-state index in [9.17, 15) is 9.59 Å². The van der Waals surface area contributed by atoms with Crippen LogP contribution in [0.5, 0.6) is 5.75 Å². The molecule has 6 nitrogen and oxygen atoms in total. The third-order valence-corrected chi connectivity index (χ3v) is 3.37. The third kappa shape index (κ3) is 4.54. The normalized spacial score (nSPS) is 15.9. The highest BCUT2D eigenvalue weighted by Gasteiger charge is 2.36. The van der Waals surface area contributed by atoms with Crippen LogP contribution in [-0.2, 0) is 20.7 Å². The van der Waals surface area contributed by atoms with Crippen molar-refractivity contribution in [1.29, 1.82) is 0 Å². The molecule has 2 amide bonds. The lowest BCUT2D eigenvalue weighted by Gasteiger charge is -2.36. The number of nitrogens with two attached hydrogens (primary N) is 1. The van der Waals surface area contributed by atoms with Gasteiger partial charge in [0.15, 0.2) is 0 Å². The summed E-state index contributed by atoms with van der Waals surface area (Å²) >= 11 is 0. The second-order valence-corrected chi connectivity index (χ2v) is 5.35. The maximum absolute atomic E-state index is 11.7. The number of hydrogen-bond acceptors (Lipinski definition) is 5. The van der Waals surface area contributed by atoms with Crippen molar-refractivity contribution in [1.82, 2.24) is 5.32 Å². The molecule has 2 rings (SSSR count). The van der Waals surface area contributed by atoms with E-state index in [0.717, 1.165) is 11.3 Å². The molecule has 1 aromatic carbocycles. The van der Waals surface area contributed by atoms with Crippen LogP contribution in [0.2, 0.25) is 0 Å². The van der Waals surface area contributed by atoms with Crippen molar-refractivity contribution < 1.29 is 19.1 Å². The molecule has 3 N–H and O–H groups in total. The van der Waals surface area contributed by atoms with E-state index < -0.39 is 5.54 Å². The minimum Gasteiger partial charge on any atom is -0.497 e. The first-order valence-corrected chi connectivity index (χ1v) is 6.83. The predicted octanol–water partition coefficient (Wildman–Crippen LogP) is 0.388. The van der Waals surface area contributed by atoms with E-state index in [1.807, 2.05) is 24.3 Å². The van der Waals surface area contributed by atoms with Crippen LogP contribution in [0.1, 0.15) is 18.4 Å². The number of carbonyl (C=O) groups is 2. The summed E-state index contributed by atoms with van der Waals surface area (Å²) in [6.07, 6.45) is 0.938. The molecule has 0 unspecified atom stereocenters. The predicted molar refractivity (Wildman–Crippen MR) is 76.8 cm³/mol. The Morgan fingerprint density at radius 2 is 1.95 bits per heavy atom. The molecule has 0 bridgehead atoms. The van der Waals surface area contributed by atoms with Gasteiger partial charge in [-0.3, -0.25) is 14.9 Å². The standard InChI is InChI=1S/C15H20N2O4/c1-20-12-5-2-11(3-6-12)4-7-13(18)17-14(19)8-15(16)9-21-10-15/h2-3,5-6H,4,7-10,16H2,1H3,(H,17,18,19). The highest BCUT2D eigenvalue weighted by molar-refractivity contribution is 5.95. The molecule has 1 heterocycles. The fraction of sp³-hybridized carbons (Fsp3) is 0.467. The largest absolute Gasteiger partial charge is 0.497 e. The van der Waals surface area contributed by atoms with E-state index in [2.05, 4.69) is 5.32 Å². The Labute approximate surface area is 123 Å². The number of benzene rings is 1. The molecular weight excluding hydrogens is 272 g/mol. The van der Waals surface area contributed by atoms with Crippen molar-refractivity contribution in [3.63, 3.8) is 0 Å². The Kier molecular flexibility index (Phi) is 4.93. The summed E-state index contributed by atoms with van der Waals surface area (Å²) in [6.45, 7) is 0.723. The van der Waals surface area contributed by atoms with Crippen molar-refractivity contribution in [2.75, 3.05) is 20.3 Å². The van der Waals surface area contributed by atoms with Crippen LogP contribution >= 0.6 is 0 Å². The number of amides is 2. The van der Waals surface area contributed by atoms with Crippen LogP contribution in [0.4, 0.5) is 0 Å². The van der Waals surface area contributed by atoms with Gasteiger partial charge in [0.25, 0.3) is 0 Å². The van der Waals surface area contributed by atoms with E-state index in [-0.39, 0.29) is 24.7 Å². The first-order chi connectivity index (χ1) is 10.0. The smallest absolute Gasteiger partial charge is 0.228 e. The number of imide groups is 1. The summed E-state index contributed by atoms with van der Waals surface area (Å²) in [5.41, 5.74) is 6.27. The second kappa shape index (κ2) is 6.69. The van der Waals surface area contributed by atoms with Crippen LogP contribution in [0.3, 0.4) is 0 Å². The summed E-state index contributed by atoms with van der Waals surface area (Å²) in [4.78, 5) is 23.4. The number of methoxy groups -OCH3 is 1. The van der Waals surface area contributed by atoms with Gasteiger partial charge in [-0.25, -0.2) is 0 Å². The van der Waals surface area contributed by atoms with Crippen molar-refractivity contribution >= 4 is 11.8 Å². The maximum Gasteiger partial charge on any atom is 0.228 e. The first-order valence-electron chi connectivity index (χ1n) is 6.83. The van der Waals surface area contributed by atoms with Crippen LogP contribution < -0.4 is 15.8 Å². The Hall–Kier alpha value is -1.92. The highest BCUT2D eigenvalue weighted by Crippen LogP contribution is 2.17. The number of rotatable bonds is 6. The average Bonchev–Trinajstić information content (AvgIpc) is 2.44. The first kappa shape index (κ1) is 15.5. The fourth-order valence-corrected chi connectivity index (χ4v) is 2.10. The monoisotopic (exact) mass is 292 g/mol. The quantitative estimate of drug-likeness (QED) is 0.791. The van der Waals surface area contributed by atoms with Gasteiger partial charge >= 0.3 is 0 Å². The fourth-order valence-electron chi connectivity index (χ4n) is 2.10. The Balaban J connectivity index is 1.72. The van der Waals surface area contributed by atoms with Gasteiger partial charge in [-0.1, -0.05) is 12.1 Å². The zero-order chi connectivity index (χ0) is 15.3. The number of hydrogen-bond donors (Lipinski definition) is 2. The van der Waals surface area contributed by atoms with Gasteiger partial charge in [-0.15, -0.1) is 0 Å². The summed E-state index contributed by atoms with van der Waals surface area (Å²) in [6, 6.07) is 7.48. The van der Waals surface area contributed by atoms with Gasteiger partial charge in [-0.2, -0.15) is 0 Å². The summed E-state index contributed by atoms with van der Waals surface area (Å²) in [7, 11) is 1.60. The van der Waals surface area contributed by atoms with Crippen LogP contribution in [0.25, 0.3) is 0 Å². The van der Waals surface area contributed by atoms with Gasteiger partial charge in [0.05, 0.1) is 25.9 Å². The lowest BCUT2D eigenvalue weighted by Crippen LogP contribution is -2.59. The van der Waals surface area contributed by atoms with Crippen molar-refractivity contribution in [2.24, 2.45) is 5.73 Å². The molecule has 1 saturated heterocycles. The van der Waals surface area contributed by atoms with Gasteiger partial charge in [-0.05, 0) is 24.1 Å². The van der Waals surface area contributed by atoms with E-state index in [1.165, 1.54) is 0 Å². The molecule has 21 heavy (non-hydrogen) atoms. The van der Waals surface area contributed by atoms with E-state index in [4.69, 9.17) is 15.2 Å². The molecule has 0 atom stereocenters. The van der Waals surface area contributed by atoms with Crippen molar-refractivity contribution in [3.8, 4) is 5.75 Å². The molecule has 0 aliphatic carbocycles. The number of ether oxygens (including phenoxy) is 2. The number of aryl methyl sites for hydroxylation is 1. The molecule has 1 aliphatic heterocycles. The molecule has 1 aromatic rings. The molecule has 0 saturated carbocycles. The van der Waals surface area contributed by atoms with Crippen molar-refractivity contribution in [3.05, 3.63) is 29.8 Å². The average molecular weight is 292 g/mol. The zero-order valence-corrected chi connectivity index (χ0v) is 12.1. The minimum absolute atomic E-state index is 0.112. The van der Waals surface area contributed by atoms with Gasteiger partial charge < -0.3 is 15.2 Å². The zero-order valence-electron chi connectivity index (χ0n) is 12.1. The van der Waals surface area contributed by atoms with E-state index in [1.54, 1.807) is 7.11 Å². The summed E-state index contributed by atoms with van der Waals surface area (Å²) in [5, 5.41) is 2.36. The van der Waals surface area contributed by atoms with E-state index >= 15 is 0 Å². The molecule has 1 aliphatic rings. The third-order valence-electron chi connectivity index (χ3n) is 3.37. The molecule has 6 heteroatoms. The molecule has 114 valence electrons.